The van der Waals surface area contributed by atoms with E-state index in [1.807, 2.05) is 13.8 Å². The Bertz CT molecular complexity index is 123. The summed E-state index contributed by atoms with van der Waals surface area (Å²) in [5, 5.41) is 0. The Morgan fingerprint density at radius 3 is 2.36 bits per heavy atom. The summed E-state index contributed by atoms with van der Waals surface area (Å²) in [5.41, 5.74) is -0.130. The highest BCUT2D eigenvalue weighted by molar-refractivity contribution is 6.50. The molecule has 2 nitrogen and oxygen atoms in total. The largest absolute Gasteiger partial charge is 0.485 e. The predicted molar refractivity (Wildman–Crippen MR) is 48.4 cm³/mol. The molecule has 0 unspecified atom stereocenters. The van der Waals surface area contributed by atoms with Gasteiger partial charge in [-0.2, -0.15) is 0 Å². The molecule has 11 heavy (non-hydrogen) atoms. The van der Waals surface area contributed by atoms with Crippen molar-refractivity contribution >= 4 is 7.12 Å². The van der Waals surface area contributed by atoms with Crippen LogP contribution in [0.5, 0.6) is 0 Å². The zero-order chi connectivity index (χ0) is 8.91. The highest BCUT2D eigenvalue weighted by atomic mass is 16.6. The van der Waals surface area contributed by atoms with Gasteiger partial charge in [0.05, 0.1) is 0 Å². The second-order valence-electron chi connectivity index (χ2n) is 3.07. The van der Waals surface area contributed by atoms with Crippen molar-refractivity contribution in [1.82, 2.24) is 0 Å². The molecule has 0 amide bonds. The molecule has 0 fully saturated rings. The van der Waals surface area contributed by atoms with E-state index in [0.717, 1.165) is 6.42 Å². The molecule has 0 N–H and O–H groups in total. The van der Waals surface area contributed by atoms with E-state index in [2.05, 4.69) is 13.5 Å². The van der Waals surface area contributed by atoms with Gasteiger partial charge in [0.15, 0.2) is 0 Å². The molecule has 0 bridgehead atoms. The Morgan fingerprint density at radius 2 is 2.09 bits per heavy atom. The summed E-state index contributed by atoms with van der Waals surface area (Å²) in [6.07, 6.45) is 0.959. The lowest BCUT2D eigenvalue weighted by Gasteiger charge is -2.25. The first kappa shape index (κ1) is 10.7. The van der Waals surface area contributed by atoms with E-state index in [9.17, 15) is 0 Å². The van der Waals surface area contributed by atoms with E-state index in [1.165, 1.54) is 0 Å². The number of hydrogen-bond acceptors (Lipinski definition) is 2. The van der Waals surface area contributed by atoms with Gasteiger partial charge in [0.2, 0.25) is 0 Å². The minimum absolute atomic E-state index is 0.130. The zero-order valence-corrected chi connectivity index (χ0v) is 7.89. The highest BCUT2D eigenvalue weighted by Crippen LogP contribution is 2.14. The van der Waals surface area contributed by atoms with Gasteiger partial charge in [0.1, 0.15) is 0 Å². The molecule has 0 spiro atoms. The van der Waals surface area contributed by atoms with Gasteiger partial charge in [0, 0.05) is 12.7 Å². The van der Waals surface area contributed by atoms with Gasteiger partial charge in [-0.05, 0) is 20.3 Å². The Labute approximate surface area is 69.7 Å². The van der Waals surface area contributed by atoms with E-state index in [0.29, 0.717) is 0 Å². The van der Waals surface area contributed by atoms with Crippen LogP contribution in [0.4, 0.5) is 0 Å². The first-order valence-corrected chi connectivity index (χ1v) is 3.89. The maximum atomic E-state index is 5.55. The van der Waals surface area contributed by atoms with Gasteiger partial charge in [-0.3, -0.25) is 0 Å². The molecule has 0 heterocycles. The molecule has 0 rings (SSSR count). The van der Waals surface area contributed by atoms with E-state index < -0.39 is 0 Å². The van der Waals surface area contributed by atoms with Gasteiger partial charge in [0.25, 0.3) is 0 Å². The van der Waals surface area contributed by atoms with Crippen molar-refractivity contribution in [2.24, 2.45) is 0 Å². The maximum absolute atomic E-state index is 5.55. The molecule has 0 saturated carbocycles. The van der Waals surface area contributed by atoms with Crippen LogP contribution in [0.15, 0.2) is 12.6 Å². The van der Waals surface area contributed by atoms with Crippen LogP contribution < -0.4 is 0 Å². The second kappa shape index (κ2) is 4.57. The molecule has 0 atom stereocenters. The molecular weight excluding hydrogens is 139 g/mol. The van der Waals surface area contributed by atoms with Crippen LogP contribution in [-0.4, -0.2) is 19.8 Å². The fourth-order valence-electron chi connectivity index (χ4n) is 0.590. The molecule has 64 valence electrons. The smallest absolute Gasteiger partial charge is 0.410 e. The number of hydrogen-bond donors (Lipinski definition) is 0. The third-order valence-corrected chi connectivity index (χ3v) is 1.71. The Hall–Kier alpha value is -0.275. The van der Waals surface area contributed by atoms with Crippen molar-refractivity contribution in [3.63, 3.8) is 0 Å². The summed E-state index contributed by atoms with van der Waals surface area (Å²) in [5.74, 6) is 1.65. The van der Waals surface area contributed by atoms with Crippen LogP contribution in [-0.2, 0) is 9.31 Å². The predicted octanol–water partition coefficient (Wildman–Crippen LogP) is 2.05. The van der Waals surface area contributed by atoms with Crippen LogP contribution in [0.1, 0.15) is 27.2 Å². The van der Waals surface area contributed by atoms with Crippen LogP contribution in [0.25, 0.3) is 0 Å². The SMILES string of the molecule is C=CB(OC)OC(C)(C)CC. The van der Waals surface area contributed by atoms with Gasteiger partial charge < -0.3 is 9.31 Å². The second-order valence-corrected chi connectivity index (χ2v) is 3.07. The van der Waals surface area contributed by atoms with Crippen molar-refractivity contribution in [3.05, 3.63) is 12.6 Å². The first-order chi connectivity index (χ1) is 5.05. The van der Waals surface area contributed by atoms with Crippen LogP contribution in [0.3, 0.4) is 0 Å². The van der Waals surface area contributed by atoms with Crippen molar-refractivity contribution in [2.75, 3.05) is 7.11 Å². The van der Waals surface area contributed by atoms with Crippen LogP contribution >= 0.6 is 0 Å². The molecular formula is C8H17BO2. The molecule has 0 aromatic rings. The quantitative estimate of drug-likeness (QED) is 0.567. The maximum Gasteiger partial charge on any atom is 0.485 e. The average molecular weight is 156 g/mol. The third-order valence-electron chi connectivity index (χ3n) is 1.71. The molecule has 0 aliphatic carbocycles. The summed E-state index contributed by atoms with van der Waals surface area (Å²) >= 11 is 0. The molecule has 0 saturated heterocycles. The minimum Gasteiger partial charge on any atom is -0.410 e. The van der Waals surface area contributed by atoms with Gasteiger partial charge >= 0.3 is 7.12 Å². The van der Waals surface area contributed by atoms with Gasteiger partial charge in [-0.25, -0.2) is 0 Å². The first-order valence-electron chi connectivity index (χ1n) is 3.89. The topological polar surface area (TPSA) is 18.5 Å². The summed E-state index contributed by atoms with van der Waals surface area (Å²) in [6.45, 7) is 9.74. The van der Waals surface area contributed by atoms with E-state index in [1.54, 1.807) is 13.1 Å². The minimum atomic E-state index is -0.287. The lowest BCUT2D eigenvalue weighted by molar-refractivity contribution is 0.0759. The van der Waals surface area contributed by atoms with Gasteiger partial charge in [-0.1, -0.05) is 12.9 Å². The Balaban J connectivity index is 3.88. The average Bonchev–Trinajstić information content (AvgIpc) is 2.00. The fourth-order valence-corrected chi connectivity index (χ4v) is 0.590. The van der Waals surface area contributed by atoms with Crippen LogP contribution in [0.2, 0.25) is 0 Å². The third kappa shape index (κ3) is 4.22. The summed E-state index contributed by atoms with van der Waals surface area (Å²) in [7, 11) is 1.32. The van der Waals surface area contributed by atoms with Crippen LogP contribution in [0, 0.1) is 0 Å². The van der Waals surface area contributed by atoms with Crippen molar-refractivity contribution in [1.29, 1.82) is 0 Å². The highest BCUT2D eigenvalue weighted by Gasteiger charge is 2.23. The standard InChI is InChI=1S/C8H17BO2/c1-6-8(3,4)11-9(7-2)10-5/h7H,2,6H2,1,3-5H3. The fraction of sp³-hybridized carbons (Fsp3) is 0.750. The molecule has 3 heteroatoms. The molecule has 0 aromatic carbocycles. The molecule has 0 radical (unpaired) electrons. The van der Waals surface area contributed by atoms with Gasteiger partial charge in [-0.15, -0.1) is 6.58 Å². The van der Waals surface area contributed by atoms with Crippen molar-refractivity contribution in [2.45, 2.75) is 32.8 Å². The van der Waals surface area contributed by atoms with E-state index in [-0.39, 0.29) is 12.7 Å². The van der Waals surface area contributed by atoms with Crippen molar-refractivity contribution < 1.29 is 9.31 Å². The molecule has 0 aromatic heterocycles. The summed E-state index contributed by atoms with van der Waals surface area (Å²) in [4.78, 5) is 0. The Kier molecular flexibility index (Phi) is 4.46. The lowest BCUT2D eigenvalue weighted by atomic mass is 9.88. The van der Waals surface area contributed by atoms with Crippen molar-refractivity contribution in [3.8, 4) is 0 Å². The molecule has 0 aliphatic rings. The van der Waals surface area contributed by atoms with E-state index in [4.69, 9.17) is 9.31 Å². The number of rotatable bonds is 5. The lowest BCUT2D eigenvalue weighted by Crippen LogP contribution is -2.33. The normalized spacial score (nSPS) is 11.3. The summed E-state index contributed by atoms with van der Waals surface area (Å²) < 4.78 is 10.5. The monoisotopic (exact) mass is 156 g/mol. The molecule has 0 aliphatic heterocycles. The Morgan fingerprint density at radius 1 is 1.55 bits per heavy atom. The summed E-state index contributed by atoms with van der Waals surface area (Å²) in [6, 6.07) is 0. The zero-order valence-electron chi connectivity index (χ0n) is 7.89. The van der Waals surface area contributed by atoms with E-state index >= 15 is 0 Å².